The van der Waals surface area contributed by atoms with E-state index < -0.39 is 0 Å². The summed E-state index contributed by atoms with van der Waals surface area (Å²) in [7, 11) is 0. The van der Waals surface area contributed by atoms with Crippen LogP contribution in [0.15, 0.2) is 12.4 Å². The summed E-state index contributed by atoms with van der Waals surface area (Å²) in [5, 5.41) is 9.72. The van der Waals surface area contributed by atoms with E-state index >= 15 is 0 Å². The molecule has 0 spiro atoms. The summed E-state index contributed by atoms with van der Waals surface area (Å²) in [5.74, 6) is 1.19. The minimum Gasteiger partial charge on any atom is -0.349 e. The maximum absolute atomic E-state index is 12.3. The van der Waals surface area contributed by atoms with Gasteiger partial charge in [0.15, 0.2) is 0 Å². The number of nitrogens with two attached hydrogens (primary N) is 1. The molecule has 5 atom stereocenters. The Morgan fingerprint density at radius 1 is 1.53 bits per heavy atom. The van der Waals surface area contributed by atoms with Crippen LogP contribution in [-0.2, 0) is 4.79 Å². The number of carbonyl (C=O) groups excluding carboxylic acids is 1. The molecule has 1 aromatic rings. The molecule has 0 aromatic carbocycles. The number of aromatic nitrogens is 2. The lowest BCUT2D eigenvalue weighted by atomic mass is 9.84. The molecule has 0 saturated heterocycles. The normalized spacial score (nSPS) is 33.8. The fraction of sp³-hybridized carbons (Fsp3) is 0.692. The molecule has 3 rings (SSSR count). The molecule has 2 fully saturated rings. The van der Waals surface area contributed by atoms with Crippen LogP contribution in [0.4, 0.5) is 0 Å². The third-order valence-electron chi connectivity index (χ3n) is 4.66. The van der Waals surface area contributed by atoms with E-state index in [4.69, 9.17) is 5.73 Å². The van der Waals surface area contributed by atoms with Gasteiger partial charge < -0.3 is 11.1 Å². The van der Waals surface area contributed by atoms with Gasteiger partial charge in [0.1, 0.15) is 0 Å². The van der Waals surface area contributed by atoms with Crippen molar-refractivity contribution in [2.45, 2.75) is 38.3 Å². The lowest BCUT2D eigenvalue weighted by Crippen LogP contribution is -2.45. The van der Waals surface area contributed by atoms with Crippen molar-refractivity contribution in [3.8, 4) is 0 Å². The molecule has 106 valence electrons. The van der Waals surface area contributed by atoms with Crippen molar-refractivity contribution in [2.75, 3.05) is 0 Å². The highest BCUT2D eigenvalue weighted by Gasteiger charge is 2.49. The largest absolute Gasteiger partial charge is 0.349 e. The first-order valence-electron chi connectivity index (χ1n) is 6.71. The SMILES string of the molecule is CC(NC(=O)C1C2CCC(C2)C1N)c1cn[nH]c1.Cl. The van der Waals surface area contributed by atoms with Crippen LogP contribution in [0.2, 0.25) is 0 Å². The van der Waals surface area contributed by atoms with Crippen LogP contribution in [0, 0.1) is 17.8 Å². The fourth-order valence-electron chi connectivity index (χ4n) is 3.62. The van der Waals surface area contributed by atoms with Crippen LogP contribution in [-0.4, -0.2) is 22.1 Å². The van der Waals surface area contributed by atoms with E-state index in [9.17, 15) is 4.79 Å². The standard InChI is InChI=1S/C13H20N4O.ClH/c1-7(10-5-15-16-6-10)17-13(18)11-8-2-3-9(4-8)12(11)14;/h5-9,11-12H,2-4,14H2,1H3,(H,15,16)(H,17,18);1H. The average Bonchev–Trinajstić information content (AvgIpc) is 3.05. The summed E-state index contributed by atoms with van der Waals surface area (Å²) in [6.45, 7) is 1.97. The van der Waals surface area contributed by atoms with Gasteiger partial charge in [-0.3, -0.25) is 9.89 Å². The Kier molecular flexibility index (Phi) is 4.16. The zero-order valence-electron chi connectivity index (χ0n) is 11.0. The smallest absolute Gasteiger partial charge is 0.225 e. The van der Waals surface area contributed by atoms with E-state index in [-0.39, 0.29) is 36.3 Å². The molecule has 2 aliphatic rings. The summed E-state index contributed by atoms with van der Waals surface area (Å²) in [6.07, 6.45) is 7.06. The number of H-pyrrole nitrogens is 1. The van der Waals surface area contributed by atoms with Crippen molar-refractivity contribution < 1.29 is 4.79 Å². The number of hydrogen-bond acceptors (Lipinski definition) is 3. The average molecular weight is 285 g/mol. The van der Waals surface area contributed by atoms with E-state index in [1.807, 2.05) is 13.1 Å². The van der Waals surface area contributed by atoms with Crippen LogP contribution >= 0.6 is 12.4 Å². The molecule has 5 unspecified atom stereocenters. The highest BCUT2D eigenvalue weighted by molar-refractivity contribution is 5.85. The van der Waals surface area contributed by atoms with Gasteiger partial charge in [-0.1, -0.05) is 0 Å². The highest BCUT2D eigenvalue weighted by atomic mass is 35.5. The molecule has 1 aromatic heterocycles. The first-order chi connectivity index (χ1) is 8.66. The molecular weight excluding hydrogens is 264 g/mol. The summed E-state index contributed by atoms with van der Waals surface area (Å²) < 4.78 is 0. The quantitative estimate of drug-likeness (QED) is 0.784. The number of rotatable bonds is 3. The molecular formula is C13H21ClN4O. The van der Waals surface area contributed by atoms with Crippen LogP contribution in [0.1, 0.15) is 37.8 Å². The van der Waals surface area contributed by atoms with Gasteiger partial charge in [0.05, 0.1) is 18.2 Å². The molecule has 5 nitrogen and oxygen atoms in total. The van der Waals surface area contributed by atoms with E-state index in [1.165, 1.54) is 6.42 Å². The number of carbonyl (C=O) groups is 1. The summed E-state index contributed by atoms with van der Waals surface area (Å²) >= 11 is 0. The van der Waals surface area contributed by atoms with Crippen molar-refractivity contribution in [1.82, 2.24) is 15.5 Å². The van der Waals surface area contributed by atoms with E-state index in [0.29, 0.717) is 11.8 Å². The van der Waals surface area contributed by atoms with Gasteiger partial charge >= 0.3 is 0 Å². The number of nitrogens with zero attached hydrogens (tertiary/aromatic N) is 1. The van der Waals surface area contributed by atoms with Gasteiger partial charge in [-0.25, -0.2) is 0 Å². The second kappa shape index (κ2) is 5.51. The second-order valence-electron chi connectivity index (χ2n) is 5.70. The zero-order valence-corrected chi connectivity index (χ0v) is 11.8. The fourth-order valence-corrected chi connectivity index (χ4v) is 3.62. The van der Waals surface area contributed by atoms with Gasteiger partial charge in [0.25, 0.3) is 0 Å². The van der Waals surface area contributed by atoms with Gasteiger partial charge in [0.2, 0.25) is 5.91 Å². The second-order valence-corrected chi connectivity index (χ2v) is 5.70. The zero-order chi connectivity index (χ0) is 12.7. The van der Waals surface area contributed by atoms with Crippen LogP contribution in [0.3, 0.4) is 0 Å². The number of fused-ring (bicyclic) bond motifs is 2. The van der Waals surface area contributed by atoms with Crippen LogP contribution < -0.4 is 11.1 Å². The van der Waals surface area contributed by atoms with Crippen molar-refractivity contribution in [3.63, 3.8) is 0 Å². The lowest BCUT2D eigenvalue weighted by Gasteiger charge is -2.28. The maximum Gasteiger partial charge on any atom is 0.225 e. The molecule has 0 radical (unpaired) electrons. The number of nitrogens with one attached hydrogen (secondary N) is 2. The number of aromatic amines is 1. The first-order valence-corrected chi connectivity index (χ1v) is 6.71. The number of amides is 1. The first kappa shape index (κ1) is 14.3. The van der Waals surface area contributed by atoms with Gasteiger partial charge in [-0.05, 0) is 38.0 Å². The summed E-state index contributed by atoms with van der Waals surface area (Å²) in [6, 6.07) is 0.0443. The molecule has 19 heavy (non-hydrogen) atoms. The lowest BCUT2D eigenvalue weighted by molar-refractivity contribution is -0.127. The number of hydrogen-bond donors (Lipinski definition) is 3. The van der Waals surface area contributed by atoms with Crippen LogP contribution in [0.5, 0.6) is 0 Å². The van der Waals surface area contributed by atoms with E-state index in [0.717, 1.165) is 18.4 Å². The number of halogens is 1. The Hall–Kier alpha value is -1.07. The maximum atomic E-state index is 12.3. The predicted octanol–water partition coefficient (Wildman–Crippen LogP) is 1.38. The molecule has 2 aliphatic carbocycles. The minimum absolute atomic E-state index is 0. The molecule has 2 saturated carbocycles. The highest BCUT2D eigenvalue weighted by Crippen LogP contribution is 2.47. The van der Waals surface area contributed by atoms with Gasteiger partial charge in [-0.15, -0.1) is 12.4 Å². The minimum atomic E-state index is -0.0115. The Morgan fingerprint density at radius 2 is 2.26 bits per heavy atom. The monoisotopic (exact) mass is 284 g/mol. The summed E-state index contributed by atoms with van der Waals surface area (Å²) in [4.78, 5) is 12.3. The Bertz CT molecular complexity index is 434. The van der Waals surface area contributed by atoms with Gasteiger partial charge in [-0.2, -0.15) is 5.10 Å². The third kappa shape index (κ3) is 2.49. The van der Waals surface area contributed by atoms with Crippen LogP contribution in [0.25, 0.3) is 0 Å². The van der Waals surface area contributed by atoms with Crippen molar-refractivity contribution in [2.24, 2.45) is 23.5 Å². The third-order valence-corrected chi connectivity index (χ3v) is 4.66. The Morgan fingerprint density at radius 3 is 2.84 bits per heavy atom. The Labute approximate surface area is 119 Å². The van der Waals surface area contributed by atoms with Crippen molar-refractivity contribution >= 4 is 18.3 Å². The molecule has 1 amide bonds. The molecule has 4 N–H and O–H groups in total. The molecule has 6 heteroatoms. The Balaban J connectivity index is 0.00000133. The van der Waals surface area contributed by atoms with E-state index in [2.05, 4.69) is 15.5 Å². The van der Waals surface area contributed by atoms with E-state index in [1.54, 1.807) is 6.20 Å². The van der Waals surface area contributed by atoms with Crippen molar-refractivity contribution in [3.05, 3.63) is 18.0 Å². The van der Waals surface area contributed by atoms with Crippen molar-refractivity contribution in [1.29, 1.82) is 0 Å². The molecule has 2 bridgehead atoms. The molecule has 1 heterocycles. The predicted molar refractivity (Wildman–Crippen MR) is 74.7 cm³/mol. The molecule has 0 aliphatic heterocycles. The van der Waals surface area contributed by atoms with Gasteiger partial charge in [0, 0.05) is 17.8 Å². The summed E-state index contributed by atoms with van der Waals surface area (Å²) in [5.41, 5.74) is 7.18. The topological polar surface area (TPSA) is 83.8 Å².